The molecular weight excluding hydrogens is 200 g/mol. The van der Waals surface area contributed by atoms with Crippen molar-refractivity contribution in [2.45, 2.75) is 46.1 Å². The number of nitrogens with zero attached hydrogens (tertiary/aromatic N) is 2. The summed E-state index contributed by atoms with van der Waals surface area (Å²) in [6.45, 7) is 10.8. The van der Waals surface area contributed by atoms with Gasteiger partial charge in [0.15, 0.2) is 0 Å². The monoisotopic (exact) mass is 222 g/mol. The maximum Gasteiger partial charge on any atom is 0.133 e. The minimum absolute atomic E-state index is 0.239. The van der Waals surface area contributed by atoms with Crippen LogP contribution in [0.5, 0.6) is 0 Å². The average Bonchev–Trinajstić information content (AvgIpc) is 2.13. The molecule has 0 amide bonds. The number of nitrogens with two attached hydrogens (primary N) is 1. The molecule has 1 heterocycles. The molecule has 0 unspecified atom stereocenters. The van der Waals surface area contributed by atoms with Crippen molar-refractivity contribution >= 4 is 5.82 Å². The second kappa shape index (κ2) is 4.78. The highest BCUT2D eigenvalue weighted by Gasteiger charge is 2.11. The van der Waals surface area contributed by atoms with Crippen molar-refractivity contribution in [3.05, 3.63) is 17.6 Å². The van der Waals surface area contributed by atoms with Crippen LogP contribution in [0.2, 0.25) is 0 Å². The van der Waals surface area contributed by atoms with Gasteiger partial charge in [0.05, 0.1) is 0 Å². The Balaban J connectivity index is 2.81. The molecule has 0 aliphatic carbocycles. The zero-order valence-electron chi connectivity index (χ0n) is 10.8. The first-order chi connectivity index (χ1) is 7.28. The molecule has 0 aliphatic heterocycles. The van der Waals surface area contributed by atoms with E-state index in [0.29, 0.717) is 12.5 Å². The van der Waals surface area contributed by atoms with Crippen molar-refractivity contribution < 1.29 is 0 Å². The predicted molar refractivity (Wildman–Crippen MR) is 67.6 cm³/mol. The van der Waals surface area contributed by atoms with Crippen LogP contribution >= 0.6 is 0 Å². The second-order valence-electron chi connectivity index (χ2n) is 5.25. The van der Waals surface area contributed by atoms with Gasteiger partial charge in [-0.15, -0.1) is 0 Å². The summed E-state index contributed by atoms with van der Waals surface area (Å²) < 4.78 is 0. The lowest BCUT2D eigenvalue weighted by molar-refractivity contribution is 0.548. The lowest BCUT2D eigenvalue weighted by Crippen LogP contribution is -2.39. The molecule has 1 aromatic heterocycles. The Hall–Kier alpha value is -1.16. The van der Waals surface area contributed by atoms with E-state index in [1.54, 1.807) is 0 Å². The fourth-order valence-corrected chi connectivity index (χ4v) is 1.26. The number of hydrogen-bond donors (Lipinski definition) is 2. The molecule has 0 saturated heterocycles. The molecule has 3 N–H and O–H groups in total. The number of anilines is 1. The molecule has 90 valence electrons. The van der Waals surface area contributed by atoms with Crippen LogP contribution in [-0.4, -0.2) is 22.1 Å². The highest BCUT2D eigenvalue weighted by atomic mass is 15.0. The average molecular weight is 222 g/mol. The minimum Gasteiger partial charge on any atom is -0.368 e. The molecule has 4 heteroatoms. The Kier molecular flexibility index (Phi) is 3.86. The van der Waals surface area contributed by atoms with Crippen LogP contribution in [0.4, 0.5) is 5.82 Å². The standard InChI is InChI=1S/C12H22N4/c1-8(2)11-15-9(3)6-10(16-11)14-7-12(4,5)13/h6,8H,7,13H2,1-5H3,(H,14,15,16). The summed E-state index contributed by atoms with van der Waals surface area (Å²) in [6.07, 6.45) is 0. The van der Waals surface area contributed by atoms with Gasteiger partial charge in [0.1, 0.15) is 11.6 Å². The Morgan fingerprint density at radius 1 is 1.38 bits per heavy atom. The molecular formula is C12H22N4. The van der Waals surface area contributed by atoms with Gasteiger partial charge in [0.25, 0.3) is 0 Å². The van der Waals surface area contributed by atoms with E-state index in [9.17, 15) is 0 Å². The minimum atomic E-state index is -0.239. The molecule has 4 nitrogen and oxygen atoms in total. The van der Waals surface area contributed by atoms with Crippen LogP contribution in [0.1, 0.15) is 45.1 Å². The van der Waals surface area contributed by atoms with Crippen molar-refractivity contribution in [1.29, 1.82) is 0 Å². The first kappa shape index (κ1) is 12.9. The van der Waals surface area contributed by atoms with Crippen LogP contribution in [0, 0.1) is 6.92 Å². The molecule has 1 aromatic rings. The van der Waals surface area contributed by atoms with E-state index in [0.717, 1.165) is 17.3 Å². The summed E-state index contributed by atoms with van der Waals surface area (Å²) in [4.78, 5) is 8.85. The Labute approximate surface area is 97.7 Å². The van der Waals surface area contributed by atoms with Gasteiger partial charge in [-0.05, 0) is 20.8 Å². The van der Waals surface area contributed by atoms with Crippen molar-refractivity contribution in [2.75, 3.05) is 11.9 Å². The second-order valence-corrected chi connectivity index (χ2v) is 5.25. The molecule has 0 spiro atoms. The third-order valence-electron chi connectivity index (χ3n) is 2.11. The highest BCUT2D eigenvalue weighted by molar-refractivity contribution is 5.36. The van der Waals surface area contributed by atoms with Crippen LogP contribution in [0.15, 0.2) is 6.07 Å². The quantitative estimate of drug-likeness (QED) is 0.818. The lowest BCUT2D eigenvalue weighted by atomic mass is 10.1. The third kappa shape index (κ3) is 4.14. The molecule has 0 aromatic carbocycles. The summed E-state index contributed by atoms with van der Waals surface area (Å²) in [7, 11) is 0. The molecule has 1 rings (SSSR count). The lowest BCUT2D eigenvalue weighted by Gasteiger charge is -2.19. The van der Waals surface area contributed by atoms with Crippen LogP contribution in [0.3, 0.4) is 0 Å². The van der Waals surface area contributed by atoms with E-state index in [-0.39, 0.29) is 5.54 Å². The Bertz CT molecular complexity index is 353. The number of aryl methyl sites for hydroxylation is 1. The first-order valence-corrected chi connectivity index (χ1v) is 5.66. The Morgan fingerprint density at radius 2 is 2.00 bits per heavy atom. The van der Waals surface area contributed by atoms with Crippen LogP contribution in [-0.2, 0) is 0 Å². The fourth-order valence-electron chi connectivity index (χ4n) is 1.26. The normalized spacial score (nSPS) is 11.9. The predicted octanol–water partition coefficient (Wildman–Crippen LogP) is 2.06. The molecule has 0 aliphatic rings. The number of rotatable bonds is 4. The number of hydrogen-bond acceptors (Lipinski definition) is 4. The van der Waals surface area contributed by atoms with E-state index < -0.39 is 0 Å². The fraction of sp³-hybridized carbons (Fsp3) is 0.667. The van der Waals surface area contributed by atoms with Gasteiger partial charge in [-0.2, -0.15) is 0 Å². The van der Waals surface area contributed by atoms with E-state index in [1.807, 2.05) is 26.8 Å². The van der Waals surface area contributed by atoms with Crippen LogP contribution < -0.4 is 11.1 Å². The maximum absolute atomic E-state index is 5.91. The summed E-state index contributed by atoms with van der Waals surface area (Å²) in [6, 6.07) is 1.94. The molecule has 0 fully saturated rings. The summed E-state index contributed by atoms with van der Waals surface area (Å²) in [5.41, 5.74) is 6.66. The molecule has 16 heavy (non-hydrogen) atoms. The van der Waals surface area contributed by atoms with E-state index in [1.165, 1.54) is 0 Å². The summed E-state index contributed by atoms with van der Waals surface area (Å²) in [5, 5.41) is 3.24. The van der Waals surface area contributed by atoms with Gasteiger partial charge in [0, 0.05) is 29.8 Å². The van der Waals surface area contributed by atoms with Gasteiger partial charge in [-0.3, -0.25) is 0 Å². The molecule has 0 bridgehead atoms. The van der Waals surface area contributed by atoms with E-state index >= 15 is 0 Å². The van der Waals surface area contributed by atoms with Gasteiger partial charge < -0.3 is 11.1 Å². The largest absolute Gasteiger partial charge is 0.368 e. The van der Waals surface area contributed by atoms with E-state index in [2.05, 4.69) is 29.1 Å². The zero-order chi connectivity index (χ0) is 12.3. The highest BCUT2D eigenvalue weighted by Crippen LogP contribution is 2.13. The van der Waals surface area contributed by atoms with Crippen molar-refractivity contribution in [1.82, 2.24) is 9.97 Å². The van der Waals surface area contributed by atoms with Crippen molar-refractivity contribution in [3.8, 4) is 0 Å². The van der Waals surface area contributed by atoms with Crippen molar-refractivity contribution in [3.63, 3.8) is 0 Å². The third-order valence-corrected chi connectivity index (χ3v) is 2.11. The molecule has 0 saturated carbocycles. The van der Waals surface area contributed by atoms with Crippen LogP contribution in [0.25, 0.3) is 0 Å². The maximum atomic E-state index is 5.91. The van der Waals surface area contributed by atoms with Gasteiger partial charge in [-0.1, -0.05) is 13.8 Å². The number of aromatic nitrogens is 2. The van der Waals surface area contributed by atoms with Crippen molar-refractivity contribution in [2.24, 2.45) is 5.73 Å². The van der Waals surface area contributed by atoms with Gasteiger partial charge >= 0.3 is 0 Å². The Morgan fingerprint density at radius 3 is 2.50 bits per heavy atom. The number of nitrogens with one attached hydrogen (secondary N) is 1. The first-order valence-electron chi connectivity index (χ1n) is 5.66. The molecule has 0 radical (unpaired) electrons. The van der Waals surface area contributed by atoms with Gasteiger partial charge in [-0.25, -0.2) is 9.97 Å². The van der Waals surface area contributed by atoms with E-state index in [4.69, 9.17) is 5.73 Å². The SMILES string of the molecule is Cc1cc(NCC(C)(C)N)nc(C(C)C)n1. The molecule has 0 atom stereocenters. The smallest absolute Gasteiger partial charge is 0.133 e. The van der Waals surface area contributed by atoms with Gasteiger partial charge in [0.2, 0.25) is 0 Å². The zero-order valence-corrected chi connectivity index (χ0v) is 10.8. The summed E-state index contributed by atoms with van der Waals surface area (Å²) >= 11 is 0. The summed E-state index contributed by atoms with van der Waals surface area (Å²) in [5.74, 6) is 2.07. The topological polar surface area (TPSA) is 63.8 Å².